The van der Waals surface area contributed by atoms with Gasteiger partial charge in [-0.3, -0.25) is 4.79 Å². The molecule has 3 amide bonds. The molecule has 166 valence electrons. The summed E-state index contributed by atoms with van der Waals surface area (Å²) in [6, 6.07) is 16.7. The smallest absolute Gasteiger partial charge is 0.418 e. The highest BCUT2D eigenvalue weighted by Crippen LogP contribution is 2.06. The van der Waals surface area contributed by atoms with Gasteiger partial charge in [0.25, 0.3) is 0 Å². The van der Waals surface area contributed by atoms with Crippen LogP contribution in [0.15, 0.2) is 60.7 Å². The number of imide groups is 1. The Hall–Kier alpha value is -3.23. The lowest BCUT2D eigenvalue weighted by Gasteiger charge is -2.24. The molecule has 0 spiro atoms. The van der Waals surface area contributed by atoms with E-state index in [0.29, 0.717) is 0 Å². The molecule has 2 atom stereocenters. The number of carbonyl (C=O) groups is 3. The van der Waals surface area contributed by atoms with E-state index in [1.807, 2.05) is 36.4 Å². The molecule has 0 heterocycles. The summed E-state index contributed by atoms with van der Waals surface area (Å²) >= 11 is 0. The molecule has 0 aliphatic carbocycles. The molecule has 0 bridgehead atoms. The molecule has 1 unspecified atom stereocenters. The van der Waals surface area contributed by atoms with Gasteiger partial charge >= 0.3 is 12.1 Å². The van der Waals surface area contributed by atoms with Crippen LogP contribution in [0.25, 0.3) is 0 Å². The van der Waals surface area contributed by atoms with Crippen LogP contribution in [0, 0.1) is 0 Å². The van der Waals surface area contributed by atoms with E-state index in [2.05, 4.69) is 5.32 Å². The molecule has 0 aliphatic heterocycles. The van der Waals surface area contributed by atoms with Gasteiger partial charge in [-0.05, 0) is 25.0 Å². The predicted molar refractivity (Wildman–Crippen MR) is 114 cm³/mol. The second-order valence-corrected chi connectivity index (χ2v) is 7.12. The minimum absolute atomic E-state index is 0.0227. The van der Waals surface area contributed by atoms with E-state index in [4.69, 9.17) is 9.47 Å². The maximum atomic E-state index is 12.6. The Bertz CT molecular complexity index is 842. The molecule has 0 aliphatic rings. The van der Waals surface area contributed by atoms with Crippen LogP contribution in [0.3, 0.4) is 0 Å². The standard InChI is InChI=1S/C23H28N2O6/c1-17(26)13-25(23(29)31-15-20-11-7-4-8-12-20)22(28)24-18(2)21(27)16-30-14-19-9-5-3-6-10-19/h3-12,17-18,26H,13-16H2,1-2H3,(H,24,28)/t17?,18-/m0/s1. The number of amides is 3. The molecule has 0 fully saturated rings. The third kappa shape index (κ3) is 8.57. The fraction of sp³-hybridized carbons (Fsp3) is 0.348. The first-order chi connectivity index (χ1) is 14.9. The number of carbonyl (C=O) groups excluding carboxylic acids is 3. The highest BCUT2D eigenvalue weighted by molar-refractivity contribution is 5.94. The molecule has 2 aromatic rings. The third-order valence-corrected chi connectivity index (χ3v) is 4.30. The van der Waals surface area contributed by atoms with Gasteiger partial charge in [0.15, 0.2) is 5.78 Å². The second kappa shape index (κ2) is 12.5. The summed E-state index contributed by atoms with van der Waals surface area (Å²) in [5.41, 5.74) is 1.68. The lowest BCUT2D eigenvalue weighted by molar-refractivity contribution is -0.125. The number of hydrogen-bond acceptors (Lipinski definition) is 6. The Morgan fingerprint density at radius 1 is 0.935 bits per heavy atom. The molecule has 31 heavy (non-hydrogen) atoms. The molecule has 8 nitrogen and oxygen atoms in total. The summed E-state index contributed by atoms with van der Waals surface area (Å²) in [6.45, 7) is 2.73. The Morgan fingerprint density at radius 2 is 1.48 bits per heavy atom. The summed E-state index contributed by atoms with van der Waals surface area (Å²) < 4.78 is 10.6. The number of ketones is 1. The van der Waals surface area contributed by atoms with E-state index in [-0.39, 0.29) is 32.1 Å². The van der Waals surface area contributed by atoms with Crippen molar-refractivity contribution in [2.45, 2.75) is 39.2 Å². The van der Waals surface area contributed by atoms with Crippen molar-refractivity contribution in [3.8, 4) is 0 Å². The number of ether oxygens (including phenoxy) is 2. The van der Waals surface area contributed by atoms with Gasteiger partial charge in [0.1, 0.15) is 13.2 Å². The topological polar surface area (TPSA) is 105 Å². The summed E-state index contributed by atoms with van der Waals surface area (Å²) in [6.07, 6.45) is -1.88. The van der Waals surface area contributed by atoms with E-state index in [0.717, 1.165) is 16.0 Å². The van der Waals surface area contributed by atoms with Gasteiger partial charge in [0.2, 0.25) is 0 Å². The Labute approximate surface area is 181 Å². The molecule has 8 heteroatoms. The first kappa shape index (κ1) is 24.0. The molecule has 0 radical (unpaired) electrons. The molecule has 0 saturated carbocycles. The van der Waals surface area contributed by atoms with E-state index in [1.54, 1.807) is 24.3 Å². The lowest BCUT2D eigenvalue weighted by Crippen LogP contribution is -2.51. The normalized spacial score (nSPS) is 12.5. The van der Waals surface area contributed by atoms with Crippen molar-refractivity contribution in [2.75, 3.05) is 13.2 Å². The second-order valence-electron chi connectivity index (χ2n) is 7.12. The largest absolute Gasteiger partial charge is 0.444 e. The van der Waals surface area contributed by atoms with Gasteiger partial charge in [0.05, 0.1) is 25.3 Å². The number of aliphatic hydroxyl groups excluding tert-OH is 1. The number of benzene rings is 2. The number of rotatable bonds is 10. The first-order valence-corrected chi connectivity index (χ1v) is 9.98. The molecule has 2 rings (SSSR count). The zero-order valence-corrected chi connectivity index (χ0v) is 17.7. The lowest BCUT2D eigenvalue weighted by atomic mass is 10.2. The summed E-state index contributed by atoms with van der Waals surface area (Å²) in [4.78, 5) is 38.0. The number of nitrogens with one attached hydrogen (secondary N) is 1. The van der Waals surface area contributed by atoms with E-state index < -0.39 is 24.3 Å². The van der Waals surface area contributed by atoms with Gasteiger partial charge in [-0.2, -0.15) is 0 Å². The Balaban J connectivity index is 1.86. The van der Waals surface area contributed by atoms with Crippen LogP contribution in [0.2, 0.25) is 0 Å². The molecular formula is C23H28N2O6. The number of hydrogen-bond donors (Lipinski definition) is 2. The number of nitrogens with zero attached hydrogens (tertiary/aromatic N) is 1. The number of Topliss-reactive ketones (excluding diaryl/α,β-unsaturated/α-hetero) is 1. The number of aliphatic hydroxyl groups is 1. The summed E-state index contributed by atoms with van der Waals surface area (Å²) in [5, 5.41) is 12.1. The van der Waals surface area contributed by atoms with Crippen molar-refractivity contribution in [3.05, 3.63) is 71.8 Å². The molecule has 2 N–H and O–H groups in total. The van der Waals surface area contributed by atoms with Crippen LogP contribution in [0.1, 0.15) is 25.0 Å². The van der Waals surface area contributed by atoms with Gasteiger partial charge < -0.3 is 19.9 Å². The SMILES string of the molecule is CC(O)CN(C(=O)N[C@@H](C)C(=O)COCc1ccccc1)C(=O)OCc1ccccc1. The zero-order valence-electron chi connectivity index (χ0n) is 17.7. The van der Waals surface area contributed by atoms with Gasteiger partial charge in [-0.15, -0.1) is 0 Å². The molecule has 2 aromatic carbocycles. The van der Waals surface area contributed by atoms with Crippen LogP contribution in [-0.2, 0) is 27.5 Å². The maximum Gasteiger partial charge on any atom is 0.418 e. The Kier molecular flexibility index (Phi) is 9.67. The fourth-order valence-electron chi connectivity index (χ4n) is 2.61. The molecule has 0 aromatic heterocycles. The highest BCUT2D eigenvalue weighted by atomic mass is 16.6. The monoisotopic (exact) mass is 428 g/mol. The van der Waals surface area contributed by atoms with Crippen molar-refractivity contribution >= 4 is 17.9 Å². The predicted octanol–water partition coefficient (Wildman–Crippen LogP) is 2.89. The van der Waals surface area contributed by atoms with Crippen molar-refractivity contribution in [1.82, 2.24) is 10.2 Å². The van der Waals surface area contributed by atoms with Gasteiger partial charge in [-0.1, -0.05) is 60.7 Å². The van der Waals surface area contributed by atoms with Crippen LogP contribution < -0.4 is 5.32 Å². The van der Waals surface area contributed by atoms with Crippen molar-refractivity contribution < 1.29 is 29.0 Å². The van der Waals surface area contributed by atoms with E-state index in [9.17, 15) is 19.5 Å². The average molecular weight is 428 g/mol. The first-order valence-electron chi connectivity index (χ1n) is 9.98. The van der Waals surface area contributed by atoms with Crippen LogP contribution in [0.4, 0.5) is 9.59 Å². The van der Waals surface area contributed by atoms with Crippen molar-refractivity contribution in [3.63, 3.8) is 0 Å². The summed E-state index contributed by atoms with van der Waals surface area (Å²) in [5.74, 6) is -0.348. The number of urea groups is 1. The van der Waals surface area contributed by atoms with Gasteiger partial charge in [0, 0.05) is 0 Å². The van der Waals surface area contributed by atoms with Crippen LogP contribution >= 0.6 is 0 Å². The van der Waals surface area contributed by atoms with Crippen LogP contribution in [-0.4, -0.2) is 53.2 Å². The van der Waals surface area contributed by atoms with Crippen molar-refractivity contribution in [2.24, 2.45) is 0 Å². The minimum Gasteiger partial charge on any atom is -0.444 e. The van der Waals surface area contributed by atoms with E-state index in [1.165, 1.54) is 13.8 Å². The summed E-state index contributed by atoms with van der Waals surface area (Å²) in [7, 11) is 0. The third-order valence-electron chi connectivity index (χ3n) is 4.30. The van der Waals surface area contributed by atoms with E-state index >= 15 is 0 Å². The molecular weight excluding hydrogens is 400 g/mol. The average Bonchev–Trinajstić information content (AvgIpc) is 2.77. The van der Waals surface area contributed by atoms with Gasteiger partial charge in [-0.25, -0.2) is 14.5 Å². The maximum absolute atomic E-state index is 12.6. The quantitative estimate of drug-likeness (QED) is 0.603. The highest BCUT2D eigenvalue weighted by Gasteiger charge is 2.27. The fourth-order valence-corrected chi connectivity index (χ4v) is 2.61. The Morgan fingerprint density at radius 3 is 2.03 bits per heavy atom. The van der Waals surface area contributed by atoms with Crippen LogP contribution in [0.5, 0.6) is 0 Å². The minimum atomic E-state index is -0.963. The molecule has 0 saturated heterocycles. The van der Waals surface area contributed by atoms with Crippen molar-refractivity contribution in [1.29, 1.82) is 0 Å². The zero-order chi connectivity index (χ0) is 22.6.